The molecule has 4 rings (SSSR count). The maximum atomic E-state index is 13.4. The van der Waals surface area contributed by atoms with Gasteiger partial charge in [-0.1, -0.05) is 13.0 Å². The normalized spacial score (nSPS) is 10.8. The molecule has 4 aromatic rings. The molecule has 0 aliphatic heterocycles. The minimum atomic E-state index is -0.513. The molecule has 0 radical (unpaired) electrons. The monoisotopic (exact) mass is 377 g/mol. The SMILES string of the molecule is CCc1cccc(NC(=O)c2cc(Oc3cncc(F)c3)cn3ccnc23)n1. The molecular weight excluding hydrogens is 361 g/mol. The largest absolute Gasteiger partial charge is 0.454 e. The van der Waals surface area contributed by atoms with Crippen molar-refractivity contribution in [2.45, 2.75) is 13.3 Å². The Balaban J connectivity index is 1.67. The van der Waals surface area contributed by atoms with Crippen molar-refractivity contribution >= 4 is 17.4 Å². The van der Waals surface area contributed by atoms with Crippen molar-refractivity contribution in [2.24, 2.45) is 0 Å². The zero-order valence-electron chi connectivity index (χ0n) is 15.0. The Morgan fingerprint density at radius 3 is 2.96 bits per heavy atom. The first-order valence-corrected chi connectivity index (χ1v) is 8.65. The highest BCUT2D eigenvalue weighted by Crippen LogP contribution is 2.24. The molecule has 28 heavy (non-hydrogen) atoms. The van der Waals surface area contributed by atoms with Crippen LogP contribution in [0.2, 0.25) is 0 Å². The zero-order valence-corrected chi connectivity index (χ0v) is 15.0. The van der Waals surface area contributed by atoms with E-state index < -0.39 is 5.82 Å². The molecule has 0 atom stereocenters. The highest BCUT2D eigenvalue weighted by atomic mass is 19.1. The van der Waals surface area contributed by atoms with Crippen molar-refractivity contribution in [1.29, 1.82) is 0 Å². The Morgan fingerprint density at radius 1 is 1.25 bits per heavy atom. The predicted octanol–water partition coefficient (Wildman–Crippen LogP) is 3.87. The van der Waals surface area contributed by atoms with E-state index in [-0.39, 0.29) is 11.7 Å². The predicted molar refractivity (Wildman–Crippen MR) is 101 cm³/mol. The van der Waals surface area contributed by atoms with Crippen LogP contribution in [0.5, 0.6) is 11.5 Å². The van der Waals surface area contributed by atoms with Gasteiger partial charge in [0, 0.05) is 24.2 Å². The van der Waals surface area contributed by atoms with Gasteiger partial charge >= 0.3 is 0 Å². The molecule has 4 aromatic heterocycles. The second-order valence-corrected chi connectivity index (χ2v) is 6.01. The van der Waals surface area contributed by atoms with E-state index in [1.807, 2.05) is 19.1 Å². The molecule has 7 nitrogen and oxygen atoms in total. The van der Waals surface area contributed by atoms with Crippen LogP contribution in [0.15, 0.2) is 61.3 Å². The number of rotatable bonds is 5. The van der Waals surface area contributed by atoms with Gasteiger partial charge in [0.05, 0.1) is 24.2 Å². The third-order valence-corrected chi connectivity index (χ3v) is 4.03. The molecule has 0 saturated heterocycles. The molecule has 1 amide bonds. The van der Waals surface area contributed by atoms with Crippen molar-refractivity contribution in [2.75, 3.05) is 5.32 Å². The molecule has 0 aliphatic carbocycles. The van der Waals surface area contributed by atoms with E-state index in [1.54, 1.807) is 35.1 Å². The molecule has 1 N–H and O–H groups in total. The molecule has 140 valence electrons. The summed E-state index contributed by atoms with van der Waals surface area (Å²) >= 11 is 0. The Morgan fingerprint density at radius 2 is 2.14 bits per heavy atom. The number of halogens is 1. The smallest absolute Gasteiger partial charge is 0.260 e. The van der Waals surface area contributed by atoms with Crippen molar-refractivity contribution < 1.29 is 13.9 Å². The van der Waals surface area contributed by atoms with E-state index in [9.17, 15) is 9.18 Å². The van der Waals surface area contributed by atoms with Crippen molar-refractivity contribution in [1.82, 2.24) is 19.4 Å². The summed E-state index contributed by atoms with van der Waals surface area (Å²) in [6.45, 7) is 1.99. The van der Waals surface area contributed by atoms with Crippen LogP contribution < -0.4 is 10.1 Å². The first-order valence-electron chi connectivity index (χ1n) is 8.65. The molecule has 8 heteroatoms. The van der Waals surface area contributed by atoms with Gasteiger partial charge < -0.3 is 14.5 Å². The molecule has 0 spiro atoms. The number of amides is 1. The van der Waals surface area contributed by atoms with Gasteiger partial charge in [-0.3, -0.25) is 9.78 Å². The number of aromatic nitrogens is 4. The Labute approximate surface area is 159 Å². The Hall–Kier alpha value is -3.81. The minimum absolute atomic E-state index is 0.225. The topological polar surface area (TPSA) is 81.4 Å². The minimum Gasteiger partial charge on any atom is -0.454 e. The first kappa shape index (κ1) is 17.6. The zero-order chi connectivity index (χ0) is 19.5. The lowest BCUT2D eigenvalue weighted by atomic mass is 10.2. The Bertz CT molecular complexity index is 1160. The maximum absolute atomic E-state index is 13.4. The summed E-state index contributed by atoms with van der Waals surface area (Å²) in [6, 6.07) is 8.21. The van der Waals surface area contributed by atoms with E-state index in [4.69, 9.17) is 4.74 Å². The molecule has 0 saturated carbocycles. The van der Waals surface area contributed by atoms with Gasteiger partial charge in [0.1, 0.15) is 28.8 Å². The van der Waals surface area contributed by atoms with E-state index in [0.717, 1.165) is 18.3 Å². The second kappa shape index (κ2) is 7.43. The lowest BCUT2D eigenvalue weighted by Gasteiger charge is -2.10. The fraction of sp³-hybridized carbons (Fsp3) is 0.100. The lowest BCUT2D eigenvalue weighted by Crippen LogP contribution is -2.15. The van der Waals surface area contributed by atoms with Crippen LogP contribution in [-0.4, -0.2) is 25.3 Å². The molecule has 0 unspecified atom stereocenters. The van der Waals surface area contributed by atoms with Crippen LogP contribution in [0.25, 0.3) is 5.65 Å². The number of aryl methyl sites for hydroxylation is 1. The first-order chi connectivity index (χ1) is 13.6. The van der Waals surface area contributed by atoms with Gasteiger partial charge in [-0.2, -0.15) is 0 Å². The number of fused-ring (bicyclic) bond motifs is 1. The molecule has 0 aromatic carbocycles. The summed E-state index contributed by atoms with van der Waals surface area (Å²) in [5.74, 6) is 0.136. The van der Waals surface area contributed by atoms with E-state index in [0.29, 0.717) is 22.8 Å². The fourth-order valence-corrected chi connectivity index (χ4v) is 2.74. The number of imidazole rings is 1. The summed E-state index contributed by atoms with van der Waals surface area (Å²) in [5.41, 5.74) is 1.64. The highest BCUT2D eigenvalue weighted by molar-refractivity contribution is 6.08. The lowest BCUT2D eigenvalue weighted by molar-refractivity contribution is 0.102. The van der Waals surface area contributed by atoms with Gasteiger partial charge in [-0.25, -0.2) is 14.4 Å². The molecular formula is C20H16FN5O2. The number of nitrogens with one attached hydrogen (secondary N) is 1. The average molecular weight is 377 g/mol. The molecule has 0 aliphatic rings. The number of hydrogen-bond acceptors (Lipinski definition) is 5. The molecule has 4 heterocycles. The molecule has 0 bridgehead atoms. The number of nitrogens with zero attached hydrogens (tertiary/aromatic N) is 4. The van der Waals surface area contributed by atoms with Crippen LogP contribution in [0.4, 0.5) is 10.2 Å². The van der Waals surface area contributed by atoms with E-state index in [2.05, 4.69) is 20.3 Å². The van der Waals surface area contributed by atoms with E-state index >= 15 is 0 Å². The summed E-state index contributed by atoms with van der Waals surface area (Å²) in [5, 5.41) is 2.78. The summed E-state index contributed by atoms with van der Waals surface area (Å²) < 4.78 is 20.7. The van der Waals surface area contributed by atoms with E-state index in [1.165, 1.54) is 12.3 Å². The highest BCUT2D eigenvalue weighted by Gasteiger charge is 2.15. The van der Waals surface area contributed by atoms with Crippen molar-refractivity contribution in [3.05, 3.63) is 78.4 Å². The van der Waals surface area contributed by atoms with Gasteiger partial charge in [0.15, 0.2) is 0 Å². The quantitative estimate of drug-likeness (QED) is 0.571. The van der Waals surface area contributed by atoms with Crippen molar-refractivity contribution in [3.63, 3.8) is 0 Å². The summed E-state index contributed by atoms with van der Waals surface area (Å²) in [4.78, 5) is 25.2. The number of hydrogen-bond donors (Lipinski definition) is 1. The number of anilines is 1. The van der Waals surface area contributed by atoms with Gasteiger partial charge in [-0.05, 0) is 24.6 Å². The van der Waals surface area contributed by atoms with Crippen LogP contribution in [0.1, 0.15) is 23.0 Å². The number of pyridine rings is 3. The number of carbonyl (C=O) groups is 1. The van der Waals surface area contributed by atoms with Crippen LogP contribution in [-0.2, 0) is 6.42 Å². The van der Waals surface area contributed by atoms with Gasteiger partial charge in [-0.15, -0.1) is 0 Å². The average Bonchev–Trinajstić information content (AvgIpc) is 3.16. The maximum Gasteiger partial charge on any atom is 0.260 e. The summed E-state index contributed by atoms with van der Waals surface area (Å²) in [6.07, 6.45) is 8.16. The summed E-state index contributed by atoms with van der Waals surface area (Å²) in [7, 11) is 0. The number of carbonyl (C=O) groups excluding carboxylic acids is 1. The van der Waals surface area contributed by atoms with Gasteiger partial charge in [0.25, 0.3) is 5.91 Å². The van der Waals surface area contributed by atoms with Crippen LogP contribution in [0.3, 0.4) is 0 Å². The van der Waals surface area contributed by atoms with Crippen LogP contribution >= 0.6 is 0 Å². The third-order valence-electron chi connectivity index (χ3n) is 4.03. The van der Waals surface area contributed by atoms with Crippen LogP contribution in [0, 0.1) is 5.82 Å². The third kappa shape index (κ3) is 3.66. The van der Waals surface area contributed by atoms with Gasteiger partial charge in [0.2, 0.25) is 0 Å². The molecule has 0 fully saturated rings. The second-order valence-electron chi connectivity index (χ2n) is 6.01. The fourth-order valence-electron chi connectivity index (χ4n) is 2.74. The standard InChI is InChI=1S/C20H16FN5O2/c1-2-14-4-3-5-18(24-14)25-20(27)17-9-16(12-26-7-6-23-19(17)26)28-15-8-13(21)10-22-11-15/h3-12H,2H2,1H3,(H,24,25,27). The Kier molecular flexibility index (Phi) is 4.67. The number of ether oxygens (including phenoxy) is 1. The van der Waals surface area contributed by atoms with Crippen molar-refractivity contribution in [3.8, 4) is 11.5 Å².